The molecule has 1 atom stereocenters. The number of unbranched alkanes of at least 4 members (excludes halogenated alkanes) is 2. The minimum atomic E-state index is -0.182. The van der Waals surface area contributed by atoms with E-state index in [9.17, 15) is 5.11 Å². The van der Waals surface area contributed by atoms with Crippen LogP contribution in [0.4, 0.5) is 0 Å². The van der Waals surface area contributed by atoms with Crippen LogP contribution in [0.3, 0.4) is 0 Å². The molecule has 1 rings (SSSR count). The SMILES string of the molecule is CCCCCC(OC)c1cnc(OC)c(OC)c1O. The van der Waals surface area contributed by atoms with Gasteiger partial charge in [0.2, 0.25) is 5.75 Å². The average molecular weight is 269 g/mol. The van der Waals surface area contributed by atoms with Gasteiger partial charge in [0.1, 0.15) is 0 Å². The molecule has 0 amide bonds. The van der Waals surface area contributed by atoms with E-state index < -0.39 is 0 Å². The van der Waals surface area contributed by atoms with Gasteiger partial charge in [0.15, 0.2) is 5.75 Å². The van der Waals surface area contributed by atoms with Crippen molar-refractivity contribution in [3.63, 3.8) is 0 Å². The third-order valence-corrected chi connectivity index (χ3v) is 3.10. The molecule has 1 N–H and O–H groups in total. The van der Waals surface area contributed by atoms with Crippen molar-refractivity contribution in [2.75, 3.05) is 21.3 Å². The Morgan fingerprint density at radius 1 is 1.21 bits per heavy atom. The molecule has 0 fully saturated rings. The fourth-order valence-corrected chi connectivity index (χ4v) is 2.03. The number of methoxy groups -OCH3 is 3. The van der Waals surface area contributed by atoms with Crippen LogP contribution in [0.1, 0.15) is 44.3 Å². The van der Waals surface area contributed by atoms with E-state index >= 15 is 0 Å². The summed E-state index contributed by atoms with van der Waals surface area (Å²) in [5, 5.41) is 10.2. The highest BCUT2D eigenvalue weighted by atomic mass is 16.5. The van der Waals surface area contributed by atoms with Crippen LogP contribution in [0.15, 0.2) is 6.20 Å². The molecule has 1 aromatic heterocycles. The summed E-state index contributed by atoms with van der Waals surface area (Å²) < 4.78 is 15.6. The van der Waals surface area contributed by atoms with Crippen LogP contribution >= 0.6 is 0 Å². The topological polar surface area (TPSA) is 60.8 Å². The van der Waals surface area contributed by atoms with Crippen LogP contribution in [0, 0.1) is 0 Å². The smallest absolute Gasteiger partial charge is 0.260 e. The number of nitrogens with zero attached hydrogens (tertiary/aromatic N) is 1. The number of ether oxygens (including phenoxy) is 3. The quantitative estimate of drug-likeness (QED) is 0.735. The highest BCUT2D eigenvalue weighted by Crippen LogP contribution is 2.41. The Hall–Kier alpha value is -1.49. The van der Waals surface area contributed by atoms with Crippen LogP contribution in [0.5, 0.6) is 17.4 Å². The second-order valence-corrected chi connectivity index (χ2v) is 4.32. The molecular weight excluding hydrogens is 246 g/mol. The zero-order chi connectivity index (χ0) is 14.3. The molecule has 1 aromatic rings. The van der Waals surface area contributed by atoms with E-state index in [1.807, 2.05) is 0 Å². The number of pyridine rings is 1. The van der Waals surface area contributed by atoms with Gasteiger partial charge < -0.3 is 19.3 Å². The lowest BCUT2D eigenvalue weighted by Crippen LogP contribution is -2.05. The van der Waals surface area contributed by atoms with E-state index in [-0.39, 0.29) is 23.5 Å². The monoisotopic (exact) mass is 269 g/mol. The first-order valence-electron chi connectivity index (χ1n) is 6.52. The molecular formula is C14H23NO4. The molecule has 19 heavy (non-hydrogen) atoms. The van der Waals surface area contributed by atoms with E-state index in [1.165, 1.54) is 14.2 Å². The second kappa shape index (κ2) is 7.84. The van der Waals surface area contributed by atoms with Gasteiger partial charge in [-0.15, -0.1) is 0 Å². The zero-order valence-corrected chi connectivity index (χ0v) is 12.1. The Labute approximate surface area is 114 Å². The van der Waals surface area contributed by atoms with Crippen LogP contribution in [0.25, 0.3) is 0 Å². The number of aromatic nitrogens is 1. The Morgan fingerprint density at radius 2 is 1.95 bits per heavy atom. The standard InChI is InChI=1S/C14H23NO4/c1-5-6-7-8-11(17-2)10-9-15-14(19-4)13(18-3)12(10)16/h9,11H,5-8H2,1-4H3,(H,15,16). The third kappa shape index (κ3) is 3.73. The molecule has 108 valence electrons. The summed E-state index contributed by atoms with van der Waals surface area (Å²) in [6.07, 6.45) is 5.57. The maximum atomic E-state index is 10.2. The zero-order valence-electron chi connectivity index (χ0n) is 12.1. The first kappa shape index (κ1) is 15.6. The van der Waals surface area contributed by atoms with Crippen molar-refractivity contribution in [1.82, 2.24) is 4.98 Å². The Balaban J connectivity index is 2.97. The number of hydrogen-bond donors (Lipinski definition) is 1. The first-order valence-corrected chi connectivity index (χ1v) is 6.52. The predicted molar refractivity (Wildman–Crippen MR) is 72.9 cm³/mol. The van der Waals surface area contributed by atoms with Gasteiger partial charge in [-0.1, -0.05) is 26.2 Å². The third-order valence-electron chi connectivity index (χ3n) is 3.10. The molecule has 0 spiro atoms. The van der Waals surface area contributed by atoms with Crippen molar-refractivity contribution < 1.29 is 19.3 Å². The van der Waals surface area contributed by atoms with Gasteiger partial charge in [-0.2, -0.15) is 0 Å². The largest absolute Gasteiger partial charge is 0.504 e. The van der Waals surface area contributed by atoms with Crippen LogP contribution in [-0.4, -0.2) is 31.4 Å². The van der Waals surface area contributed by atoms with Crippen molar-refractivity contribution in [3.05, 3.63) is 11.8 Å². The molecule has 0 saturated carbocycles. The normalized spacial score (nSPS) is 12.2. The summed E-state index contributed by atoms with van der Waals surface area (Å²) in [5.41, 5.74) is 0.635. The molecule has 0 radical (unpaired) electrons. The molecule has 0 aliphatic heterocycles. The van der Waals surface area contributed by atoms with Crippen LogP contribution in [0.2, 0.25) is 0 Å². The summed E-state index contributed by atoms with van der Waals surface area (Å²) >= 11 is 0. The lowest BCUT2D eigenvalue weighted by Gasteiger charge is -2.18. The molecule has 0 aliphatic rings. The van der Waals surface area contributed by atoms with Gasteiger partial charge in [0, 0.05) is 18.9 Å². The fraction of sp³-hybridized carbons (Fsp3) is 0.643. The fourth-order valence-electron chi connectivity index (χ4n) is 2.03. The summed E-state index contributed by atoms with van der Waals surface area (Å²) in [4.78, 5) is 4.14. The van der Waals surface area contributed by atoms with Crippen LogP contribution in [-0.2, 0) is 4.74 Å². The first-order chi connectivity index (χ1) is 9.19. The number of hydrogen-bond acceptors (Lipinski definition) is 5. The van der Waals surface area contributed by atoms with Crippen LogP contribution < -0.4 is 9.47 Å². The second-order valence-electron chi connectivity index (χ2n) is 4.32. The van der Waals surface area contributed by atoms with Crippen molar-refractivity contribution in [2.24, 2.45) is 0 Å². The van der Waals surface area contributed by atoms with E-state index in [4.69, 9.17) is 14.2 Å². The molecule has 5 heteroatoms. The van der Waals surface area contributed by atoms with E-state index in [1.54, 1.807) is 13.3 Å². The molecule has 0 bridgehead atoms. The molecule has 0 aliphatic carbocycles. The van der Waals surface area contributed by atoms with Crippen molar-refractivity contribution in [2.45, 2.75) is 38.7 Å². The molecule has 0 aromatic carbocycles. The van der Waals surface area contributed by atoms with Gasteiger partial charge in [-0.3, -0.25) is 0 Å². The minimum Gasteiger partial charge on any atom is -0.504 e. The predicted octanol–water partition coefficient (Wildman–Crippen LogP) is 3.07. The molecule has 1 unspecified atom stereocenters. The van der Waals surface area contributed by atoms with Crippen molar-refractivity contribution >= 4 is 0 Å². The van der Waals surface area contributed by atoms with Crippen molar-refractivity contribution in [1.29, 1.82) is 0 Å². The van der Waals surface area contributed by atoms with Gasteiger partial charge >= 0.3 is 0 Å². The average Bonchev–Trinajstić information content (AvgIpc) is 2.44. The number of rotatable bonds is 8. The Morgan fingerprint density at radius 3 is 2.47 bits per heavy atom. The lowest BCUT2D eigenvalue weighted by atomic mass is 10.0. The number of aromatic hydroxyl groups is 1. The van der Waals surface area contributed by atoms with Gasteiger partial charge in [0.25, 0.3) is 5.88 Å². The van der Waals surface area contributed by atoms with E-state index in [2.05, 4.69) is 11.9 Å². The summed E-state index contributed by atoms with van der Waals surface area (Å²) in [5.74, 6) is 0.558. The minimum absolute atomic E-state index is 0.0395. The highest BCUT2D eigenvalue weighted by molar-refractivity contribution is 5.51. The maximum Gasteiger partial charge on any atom is 0.260 e. The maximum absolute atomic E-state index is 10.2. The van der Waals surface area contributed by atoms with Gasteiger partial charge in [0.05, 0.1) is 20.3 Å². The highest BCUT2D eigenvalue weighted by Gasteiger charge is 2.21. The summed E-state index contributed by atoms with van der Waals surface area (Å²) in [6.45, 7) is 2.15. The Bertz CT molecular complexity index is 395. The lowest BCUT2D eigenvalue weighted by molar-refractivity contribution is 0.0901. The summed E-state index contributed by atoms with van der Waals surface area (Å²) in [7, 11) is 4.59. The van der Waals surface area contributed by atoms with Gasteiger partial charge in [-0.05, 0) is 6.42 Å². The Kier molecular flexibility index (Phi) is 6.42. The van der Waals surface area contributed by atoms with E-state index in [0.717, 1.165) is 25.7 Å². The van der Waals surface area contributed by atoms with Crippen molar-refractivity contribution in [3.8, 4) is 17.4 Å². The summed E-state index contributed by atoms with van der Waals surface area (Å²) in [6, 6.07) is 0. The molecule has 5 nitrogen and oxygen atoms in total. The molecule has 0 saturated heterocycles. The van der Waals surface area contributed by atoms with Gasteiger partial charge in [-0.25, -0.2) is 4.98 Å². The molecule has 1 heterocycles. The van der Waals surface area contributed by atoms with E-state index in [0.29, 0.717) is 5.56 Å².